The van der Waals surface area contributed by atoms with Crippen molar-refractivity contribution >= 4 is 32.8 Å². The number of aryl methyl sites for hydroxylation is 1. The van der Waals surface area contributed by atoms with Crippen molar-refractivity contribution in [3.05, 3.63) is 66.1 Å². The van der Waals surface area contributed by atoms with Crippen molar-refractivity contribution in [2.24, 2.45) is 5.41 Å². The molecule has 0 saturated heterocycles. The molecule has 38 heavy (non-hydrogen) atoms. The topological polar surface area (TPSA) is 127 Å². The average molecular weight is 544 g/mol. The van der Waals surface area contributed by atoms with Crippen molar-refractivity contribution in [2.45, 2.75) is 51.5 Å². The Kier molecular flexibility index (Phi) is 7.20. The zero-order valence-corrected chi connectivity index (χ0v) is 22.1. The highest BCUT2D eigenvalue weighted by Crippen LogP contribution is 2.33. The van der Waals surface area contributed by atoms with Crippen LogP contribution in [0.25, 0.3) is 22.4 Å². The zero-order valence-electron chi connectivity index (χ0n) is 21.2. The van der Waals surface area contributed by atoms with Gasteiger partial charge in [0, 0.05) is 29.6 Å². The van der Waals surface area contributed by atoms with E-state index >= 15 is 0 Å². The molecule has 2 N–H and O–H groups in total. The van der Waals surface area contributed by atoms with Gasteiger partial charge in [0.05, 0.1) is 17.3 Å². The first-order valence-corrected chi connectivity index (χ1v) is 13.2. The Balaban J connectivity index is 1.83. The fourth-order valence-electron chi connectivity index (χ4n) is 3.99. The molecule has 0 aliphatic rings. The number of hydrogen-bond acceptors (Lipinski definition) is 7. The first-order valence-electron chi connectivity index (χ1n) is 11.8. The Morgan fingerprint density at radius 3 is 2.45 bits per heavy atom. The number of nitrogens with one attached hydrogen (secondary N) is 1. The maximum atomic E-state index is 14.8. The molecule has 0 radical (unpaired) electrons. The van der Waals surface area contributed by atoms with Crippen LogP contribution in [0.1, 0.15) is 39.2 Å². The van der Waals surface area contributed by atoms with Crippen LogP contribution in [-0.4, -0.2) is 44.5 Å². The van der Waals surface area contributed by atoms with Crippen molar-refractivity contribution in [3.8, 4) is 11.4 Å². The molecule has 0 fully saturated rings. The predicted molar refractivity (Wildman–Crippen MR) is 138 cm³/mol. The monoisotopic (exact) mass is 543 g/mol. The summed E-state index contributed by atoms with van der Waals surface area (Å²) in [6.07, 6.45) is 3.13. The highest BCUT2D eigenvalue weighted by atomic mass is 32.2. The molecule has 4 aromatic rings. The number of hydrogen-bond donors (Lipinski definition) is 2. The maximum absolute atomic E-state index is 14.8. The van der Waals surface area contributed by atoms with Gasteiger partial charge in [0.2, 0.25) is 0 Å². The van der Waals surface area contributed by atoms with E-state index in [1.165, 1.54) is 18.3 Å². The minimum absolute atomic E-state index is 0.00602. The molecule has 1 aromatic carbocycles. The first kappa shape index (κ1) is 27.1. The summed E-state index contributed by atoms with van der Waals surface area (Å²) in [5.41, 5.74) is 0.513. The van der Waals surface area contributed by atoms with Crippen molar-refractivity contribution in [1.29, 1.82) is 0 Å². The van der Waals surface area contributed by atoms with E-state index in [1.807, 2.05) is 27.7 Å². The summed E-state index contributed by atoms with van der Waals surface area (Å²) >= 11 is 0. The van der Waals surface area contributed by atoms with Gasteiger partial charge < -0.3 is 10.4 Å². The first-order chi connectivity index (χ1) is 17.8. The molecule has 200 valence electrons. The SMILES string of the molecule is Cc1ccc(S(=O)(=O)n2cc(-c3ncc(F)c(NC(CCC(=O)O)C(C)(C)C)n3)c3cc(F)cnc32)cc1. The van der Waals surface area contributed by atoms with Crippen LogP contribution in [0, 0.1) is 24.0 Å². The van der Waals surface area contributed by atoms with Gasteiger partial charge in [-0.25, -0.2) is 36.1 Å². The molecule has 9 nitrogen and oxygen atoms in total. The van der Waals surface area contributed by atoms with Crippen LogP contribution < -0.4 is 5.32 Å². The minimum Gasteiger partial charge on any atom is -0.481 e. The second kappa shape index (κ2) is 10.1. The number of nitrogens with zero attached hydrogens (tertiary/aromatic N) is 4. The summed E-state index contributed by atoms with van der Waals surface area (Å²) in [6.45, 7) is 7.47. The van der Waals surface area contributed by atoms with Crippen LogP contribution >= 0.6 is 0 Å². The lowest BCUT2D eigenvalue weighted by molar-refractivity contribution is -0.137. The number of benzene rings is 1. The molecule has 0 bridgehead atoms. The number of pyridine rings is 1. The quantitative estimate of drug-likeness (QED) is 0.318. The zero-order chi connectivity index (χ0) is 27.8. The predicted octanol–water partition coefficient (Wildman–Crippen LogP) is 5.01. The number of carboxylic acid groups (broad SMARTS) is 1. The van der Waals surface area contributed by atoms with Crippen LogP contribution in [0.2, 0.25) is 0 Å². The highest BCUT2D eigenvalue weighted by molar-refractivity contribution is 7.90. The van der Waals surface area contributed by atoms with Crippen LogP contribution in [0.15, 0.2) is 53.8 Å². The summed E-state index contributed by atoms with van der Waals surface area (Å²) in [6, 6.07) is 6.88. The van der Waals surface area contributed by atoms with Crippen molar-refractivity contribution in [3.63, 3.8) is 0 Å². The molecular formula is C26H27F2N5O4S. The number of anilines is 1. The van der Waals surface area contributed by atoms with Crippen molar-refractivity contribution in [1.82, 2.24) is 18.9 Å². The third-order valence-corrected chi connectivity index (χ3v) is 7.81. The van der Waals surface area contributed by atoms with Gasteiger partial charge in [-0.05, 0) is 37.0 Å². The number of halogens is 2. The molecule has 3 aromatic heterocycles. The van der Waals surface area contributed by atoms with Crippen LogP contribution in [0.4, 0.5) is 14.6 Å². The number of aliphatic carboxylic acids is 1. The molecule has 1 unspecified atom stereocenters. The second-order valence-electron chi connectivity index (χ2n) is 10.1. The fourth-order valence-corrected chi connectivity index (χ4v) is 5.32. The van der Waals surface area contributed by atoms with Gasteiger partial charge in [-0.2, -0.15) is 0 Å². The van der Waals surface area contributed by atoms with E-state index in [0.29, 0.717) is 0 Å². The van der Waals surface area contributed by atoms with Gasteiger partial charge in [-0.3, -0.25) is 4.79 Å². The lowest BCUT2D eigenvalue weighted by atomic mass is 9.84. The van der Waals surface area contributed by atoms with Gasteiger partial charge in [0.15, 0.2) is 23.1 Å². The van der Waals surface area contributed by atoms with E-state index < -0.39 is 39.1 Å². The Bertz CT molecular complexity index is 1610. The second-order valence-corrected chi connectivity index (χ2v) is 11.9. The standard InChI is InChI=1S/C26H27F2N5O4S/c1-15-5-7-17(8-6-15)38(36,37)33-14-19(18-11-16(27)12-30-25(18)33)23-29-13-20(28)24(32-23)31-21(26(2,3)4)9-10-22(34)35/h5-8,11-14,21H,9-10H2,1-4H3,(H,34,35)(H,29,31,32). The molecule has 0 saturated carbocycles. The van der Waals surface area contributed by atoms with E-state index in [0.717, 1.165) is 28.0 Å². The molecule has 0 spiro atoms. The van der Waals surface area contributed by atoms with Crippen molar-refractivity contribution < 1.29 is 27.1 Å². The van der Waals surface area contributed by atoms with Gasteiger partial charge in [0.25, 0.3) is 10.0 Å². The molecule has 3 heterocycles. The summed E-state index contributed by atoms with van der Waals surface area (Å²) < 4.78 is 56.8. The van der Waals surface area contributed by atoms with E-state index in [1.54, 1.807) is 12.1 Å². The van der Waals surface area contributed by atoms with E-state index in [4.69, 9.17) is 5.11 Å². The van der Waals surface area contributed by atoms with Crippen LogP contribution in [-0.2, 0) is 14.8 Å². The molecule has 12 heteroatoms. The normalized spacial score (nSPS) is 13.0. The van der Waals surface area contributed by atoms with Gasteiger partial charge in [0.1, 0.15) is 5.82 Å². The Hall–Kier alpha value is -3.93. The summed E-state index contributed by atoms with van der Waals surface area (Å²) in [4.78, 5) is 23.5. The van der Waals surface area contributed by atoms with E-state index in [-0.39, 0.29) is 46.0 Å². The van der Waals surface area contributed by atoms with Gasteiger partial charge >= 0.3 is 5.97 Å². The average Bonchev–Trinajstić information content (AvgIpc) is 3.21. The Morgan fingerprint density at radius 1 is 1.13 bits per heavy atom. The summed E-state index contributed by atoms with van der Waals surface area (Å²) in [5, 5.41) is 12.2. The van der Waals surface area contributed by atoms with E-state index in [9.17, 15) is 22.0 Å². The highest BCUT2D eigenvalue weighted by Gasteiger charge is 2.28. The van der Waals surface area contributed by atoms with Gasteiger partial charge in [-0.15, -0.1) is 0 Å². The molecule has 0 aliphatic carbocycles. The molecule has 4 rings (SSSR count). The minimum atomic E-state index is -4.12. The summed E-state index contributed by atoms with van der Waals surface area (Å²) in [5.74, 6) is -2.71. The number of fused-ring (bicyclic) bond motifs is 1. The lowest BCUT2D eigenvalue weighted by Gasteiger charge is -2.31. The Labute approximate surface area is 218 Å². The van der Waals surface area contributed by atoms with Gasteiger partial charge in [-0.1, -0.05) is 38.5 Å². The third kappa shape index (κ3) is 5.49. The number of rotatable bonds is 8. The maximum Gasteiger partial charge on any atom is 0.303 e. The molecule has 0 aliphatic heterocycles. The number of aromatic nitrogens is 4. The Morgan fingerprint density at radius 2 is 1.82 bits per heavy atom. The van der Waals surface area contributed by atoms with Crippen LogP contribution in [0.3, 0.4) is 0 Å². The molecule has 0 amide bonds. The smallest absolute Gasteiger partial charge is 0.303 e. The number of carboxylic acids is 1. The lowest BCUT2D eigenvalue weighted by Crippen LogP contribution is -2.35. The summed E-state index contributed by atoms with van der Waals surface area (Å²) in [7, 11) is -4.12. The molecular weight excluding hydrogens is 516 g/mol. The van der Waals surface area contributed by atoms with E-state index in [2.05, 4.69) is 20.3 Å². The van der Waals surface area contributed by atoms with Crippen LogP contribution in [0.5, 0.6) is 0 Å². The molecule has 1 atom stereocenters. The van der Waals surface area contributed by atoms with Crippen molar-refractivity contribution in [2.75, 3.05) is 5.32 Å². The fraction of sp³-hybridized carbons (Fsp3) is 0.308. The largest absolute Gasteiger partial charge is 0.481 e. The number of carbonyl (C=O) groups is 1. The third-order valence-electron chi connectivity index (χ3n) is 6.14.